The number of carboxylic acid groups (broad SMARTS) is 1. The molecule has 2 rings (SSSR count). The number of fused-ring (bicyclic) bond motifs is 1. The summed E-state index contributed by atoms with van der Waals surface area (Å²) in [5, 5.41) is 9.10. The van der Waals surface area contributed by atoms with Gasteiger partial charge in [-0.3, -0.25) is 9.59 Å². The summed E-state index contributed by atoms with van der Waals surface area (Å²) >= 11 is 0. The maximum Gasteiger partial charge on any atom is 0.310 e. The highest BCUT2D eigenvalue weighted by molar-refractivity contribution is 5.80. The highest BCUT2D eigenvalue weighted by Gasteiger charge is 2.30. The van der Waals surface area contributed by atoms with Gasteiger partial charge < -0.3 is 19.5 Å². The number of likely N-dealkylation sites (N-methyl/N-ethyl adjacent to an activating group) is 1. The number of hydrogen-bond acceptors (Lipinski definition) is 4. The first-order valence-electron chi connectivity index (χ1n) is 6.65. The first-order chi connectivity index (χ1) is 9.79. The van der Waals surface area contributed by atoms with Crippen molar-refractivity contribution < 1.29 is 24.2 Å². The molecule has 0 aliphatic carbocycles. The molecular weight excluding hydrogens is 274 g/mol. The van der Waals surface area contributed by atoms with Crippen molar-refractivity contribution in [1.29, 1.82) is 0 Å². The molecule has 21 heavy (non-hydrogen) atoms. The van der Waals surface area contributed by atoms with Crippen LogP contribution < -0.4 is 9.47 Å². The van der Waals surface area contributed by atoms with E-state index in [0.717, 1.165) is 5.56 Å². The molecule has 0 atom stereocenters. The number of carbonyl (C=O) groups is 2. The number of nitrogens with zero attached hydrogens (tertiary/aromatic N) is 1. The topological polar surface area (TPSA) is 76.1 Å². The van der Waals surface area contributed by atoms with Crippen molar-refractivity contribution in [2.75, 3.05) is 20.4 Å². The SMILES string of the molecule is CN(CC(C)(C)C(=O)O)C(=O)Cc1ccc2c(c1)OCO2. The predicted octanol–water partition coefficient (Wildman–Crippen LogP) is 1.53. The summed E-state index contributed by atoms with van der Waals surface area (Å²) in [4.78, 5) is 24.7. The van der Waals surface area contributed by atoms with Crippen LogP contribution in [0.5, 0.6) is 11.5 Å². The summed E-state index contributed by atoms with van der Waals surface area (Å²) in [6.45, 7) is 3.55. The molecule has 6 heteroatoms. The van der Waals surface area contributed by atoms with Crippen LogP contribution >= 0.6 is 0 Å². The first-order valence-corrected chi connectivity index (χ1v) is 6.65. The van der Waals surface area contributed by atoms with Gasteiger partial charge in [-0.05, 0) is 31.5 Å². The van der Waals surface area contributed by atoms with Gasteiger partial charge >= 0.3 is 5.97 Å². The van der Waals surface area contributed by atoms with Crippen LogP contribution in [0.3, 0.4) is 0 Å². The van der Waals surface area contributed by atoms with E-state index < -0.39 is 11.4 Å². The number of carbonyl (C=O) groups excluding carboxylic acids is 1. The van der Waals surface area contributed by atoms with Crippen molar-refractivity contribution in [1.82, 2.24) is 4.90 Å². The van der Waals surface area contributed by atoms with Crippen LogP contribution in [0.15, 0.2) is 18.2 Å². The molecule has 1 aromatic carbocycles. The van der Waals surface area contributed by atoms with E-state index >= 15 is 0 Å². The standard InChI is InChI=1S/C15H19NO5/c1-15(2,14(18)19)8-16(3)13(17)7-10-4-5-11-12(6-10)21-9-20-11/h4-6H,7-9H2,1-3H3,(H,18,19). The zero-order chi connectivity index (χ0) is 15.6. The average molecular weight is 293 g/mol. The van der Waals surface area contributed by atoms with E-state index in [1.54, 1.807) is 33.0 Å². The molecule has 114 valence electrons. The Hall–Kier alpha value is -2.24. The third-order valence-corrected chi connectivity index (χ3v) is 3.43. The lowest BCUT2D eigenvalue weighted by Crippen LogP contribution is -2.40. The molecule has 1 heterocycles. The van der Waals surface area contributed by atoms with Gasteiger partial charge in [-0.1, -0.05) is 6.07 Å². The third-order valence-electron chi connectivity index (χ3n) is 3.43. The zero-order valence-electron chi connectivity index (χ0n) is 12.4. The largest absolute Gasteiger partial charge is 0.481 e. The Morgan fingerprint density at radius 3 is 2.62 bits per heavy atom. The fraction of sp³-hybridized carbons (Fsp3) is 0.467. The fourth-order valence-electron chi connectivity index (χ4n) is 2.11. The van der Waals surface area contributed by atoms with Crippen LogP contribution in [0.1, 0.15) is 19.4 Å². The van der Waals surface area contributed by atoms with E-state index in [-0.39, 0.29) is 25.7 Å². The van der Waals surface area contributed by atoms with E-state index in [2.05, 4.69) is 0 Å². The van der Waals surface area contributed by atoms with E-state index in [0.29, 0.717) is 11.5 Å². The summed E-state index contributed by atoms with van der Waals surface area (Å²) < 4.78 is 10.5. The van der Waals surface area contributed by atoms with Crippen LogP contribution in [-0.2, 0) is 16.0 Å². The summed E-state index contributed by atoms with van der Waals surface area (Å²) in [6, 6.07) is 5.35. The summed E-state index contributed by atoms with van der Waals surface area (Å²) in [5.74, 6) is 0.244. The van der Waals surface area contributed by atoms with Gasteiger partial charge in [0.2, 0.25) is 12.7 Å². The van der Waals surface area contributed by atoms with Gasteiger partial charge in [0, 0.05) is 13.6 Å². The molecule has 1 N–H and O–H groups in total. The second-order valence-corrected chi connectivity index (χ2v) is 5.80. The highest BCUT2D eigenvalue weighted by Crippen LogP contribution is 2.32. The number of aliphatic carboxylic acids is 1. The molecule has 0 spiro atoms. The Bertz CT molecular complexity index is 567. The molecule has 0 radical (unpaired) electrons. The summed E-state index contributed by atoms with van der Waals surface area (Å²) in [7, 11) is 1.61. The minimum absolute atomic E-state index is 0.136. The lowest BCUT2D eigenvalue weighted by atomic mass is 9.93. The van der Waals surface area contributed by atoms with E-state index in [1.165, 1.54) is 4.90 Å². The molecule has 6 nitrogen and oxygen atoms in total. The Labute approximate surface area is 123 Å². The van der Waals surface area contributed by atoms with Gasteiger partial charge in [-0.2, -0.15) is 0 Å². The monoisotopic (exact) mass is 293 g/mol. The number of rotatable bonds is 5. The highest BCUT2D eigenvalue weighted by atomic mass is 16.7. The second kappa shape index (κ2) is 5.63. The summed E-state index contributed by atoms with van der Waals surface area (Å²) in [6.07, 6.45) is 0.197. The number of hydrogen-bond donors (Lipinski definition) is 1. The van der Waals surface area contributed by atoms with Crippen LogP contribution in [0.25, 0.3) is 0 Å². The van der Waals surface area contributed by atoms with Gasteiger partial charge in [0.25, 0.3) is 0 Å². The molecule has 0 aromatic heterocycles. The normalized spacial score (nSPS) is 13.1. The minimum atomic E-state index is -0.973. The molecule has 0 bridgehead atoms. The number of benzene rings is 1. The molecule has 1 aliphatic heterocycles. The van der Waals surface area contributed by atoms with E-state index in [9.17, 15) is 9.59 Å². The van der Waals surface area contributed by atoms with Crippen molar-refractivity contribution in [3.63, 3.8) is 0 Å². The average Bonchev–Trinajstić information content (AvgIpc) is 2.85. The third kappa shape index (κ3) is 3.45. The minimum Gasteiger partial charge on any atom is -0.481 e. The molecule has 0 unspecified atom stereocenters. The van der Waals surface area contributed by atoms with E-state index in [1.807, 2.05) is 6.07 Å². The second-order valence-electron chi connectivity index (χ2n) is 5.80. The number of amides is 1. The van der Waals surface area contributed by atoms with Gasteiger partial charge in [-0.15, -0.1) is 0 Å². The van der Waals surface area contributed by atoms with Crippen molar-refractivity contribution >= 4 is 11.9 Å². The van der Waals surface area contributed by atoms with Crippen LogP contribution in [0.4, 0.5) is 0 Å². The molecule has 0 saturated carbocycles. The van der Waals surface area contributed by atoms with Gasteiger partial charge in [0.05, 0.1) is 11.8 Å². The Morgan fingerprint density at radius 2 is 1.95 bits per heavy atom. The molecule has 0 fully saturated rings. The van der Waals surface area contributed by atoms with E-state index in [4.69, 9.17) is 14.6 Å². The van der Waals surface area contributed by atoms with Crippen molar-refractivity contribution in [3.05, 3.63) is 23.8 Å². The van der Waals surface area contributed by atoms with Crippen LogP contribution in [-0.4, -0.2) is 42.3 Å². The maximum atomic E-state index is 12.2. The predicted molar refractivity (Wildman–Crippen MR) is 75.3 cm³/mol. The van der Waals surface area contributed by atoms with Gasteiger partial charge in [0.1, 0.15) is 0 Å². The lowest BCUT2D eigenvalue weighted by molar-refractivity contribution is -0.149. The quantitative estimate of drug-likeness (QED) is 0.891. The first kappa shape index (κ1) is 15.2. The van der Waals surface area contributed by atoms with Crippen molar-refractivity contribution in [3.8, 4) is 11.5 Å². The maximum absolute atomic E-state index is 12.2. The molecular formula is C15H19NO5. The van der Waals surface area contributed by atoms with Crippen LogP contribution in [0, 0.1) is 5.41 Å². The number of ether oxygens (including phenoxy) is 2. The van der Waals surface area contributed by atoms with Crippen molar-refractivity contribution in [2.24, 2.45) is 5.41 Å². The summed E-state index contributed by atoms with van der Waals surface area (Å²) in [5.41, 5.74) is -0.163. The Kier molecular flexibility index (Phi) is 4.06. The molecule has 0 saturated heterocycles. The molecule has 1 aromatic rings. The molecule has 1 aliphatic rings. The number of carboxylic acids is 1. The van der Waals surface area contributed by atoms with Crippen LogP contribution in [0.2, 0.25) is 0 Å². The Balaban J connectivity index is 1.99. The Morgan fingerprint density at radius 1 is 1.29 bits per heavy atom. The van der Waals surface area contributed by atoms with Gasteiger partial charge in [-0.25, -0.2) is 0 Å². The zero-order valence-corrected chi connectivity index (χ0v) is 12.4. The lowest BCUT2D eigenvalue weighted by Gasteiger charge is -2.26. The fourth-order valence-corrected chi connectivity index (χ4v) is 2.11. The van der Waals surface area contributed by atoms with Crippen molar-refractivity contribution in [2.45, 2.75) is 20.3 Å². The smallest absolute Gasteiger partial charge is 0.310 e. The van der Waals surface area contributed by atoms with Gasteiger partial charge in [0.15, 0.2) is 11.5 Å². The molecule has 1 amide bonds.